The van der Waals surface area contributed by atoms with Gasteiger partial charge in [0.2, 0.25) is 0 Å². The molecule has 0 N–H and O–H groups in total. The van der Waals surface area contributed by atoms with Crippen LogP contribution in [0.3, 0.4) is 0 Å². The number of carbonyl (C=O) groups is 1. The number of aromatic nitrogens is 1. The SMILES string of the molecule is COc1ccc(N2C(=O)/C(=C/c3ccccn3)SC2=S)c(OC)c1. The van der Waals surface area contributed by atoms with Crippen molar-refractivity contribution in [1.29, 1.82) is 0 Å². The zero-order valence-corrected chi connectivity index (χ0v) is 14.7. The lowest BCUT2D eigenvalue weighted by atomic mass is 10.2. The molecule has 0 unspecified atom stereocenters. The van der Waals surface area contributed by atoms with Crippen LogP contribution >= 0.6 is 24.0 Å². The summed E-state index contributed by atoms with van der Waals surface area (Å²) < 4.78 is 11.0. The number of methoxy groups -OCH3 is 2. The molecule has 7 heteroatoms. The van der Waals surface area contributed by atoms with Crippen molar-refractivity contribution in [1.82, 2.24) is 4.98 Å². The summed E-state index contributed by atoms with van der Waals surface area (Å²) in [6.07, 6.45) is 3.41. The fourth-order valence-corrected chi connectivity index (χ4v) is 3.51. The third kappa shape index (κ3) is 3.13. The van der Waals surface area contributed by atoms with Gasteiger partial charge in [-0.05, 0) is 30.3 Å². The van der Waals surface area contributed by atoms with Crippen LogP contribution in [0.25, 0.3) is 6.08 Å². The summed E-state index contributed by atoms with van der Waals surface area (Å²) in [5.74, 6) is 0.967. The van der Waals surface area contributed by atoms with E-state index in [9.17, 15) is 4.79 Å². The summed E-state index contributed by atoms with van der Waals surface area (Å²) >= 11 is 6.62. The van der Waals surface area contributed by atoms with Crippen LogP contribution in [0.2, 0.25) is 0 Å². The fraction of sp³-hybridized carbons (Fsp3) is 0.118. The van der Waals surface area contributed by atoms with Crippen LogP contribution in [-0.2, 0) is 4.79 Å². The molecule has 1 amide bonds. The first kappa shape index (κ1) is 16.5. The van der Waals surface area contributed by atoms with E-state index < -0.39 is 0 Å². The number of ether oxygens (including phenoxy) is 2. The van der Waals surface area contributed by atoms with Crippen LogP contribution in [0.5, 0.6) is 11.5 Å². The molecule has 0 atom stereocenters. The molecule has 0 aliphatic carbocycles. The highest BCUT2D eigenvalue weighted by molar-refractivity contribution is 8.27. The molecular formula is C17H14N2O3S2. The molecule has 2 heterocycles. The number of nitrogens with zero attached hydrogens (tertiary/aromatic N) is 2. The van der Waals surface area contributed by atoms with Crippen molar-refractivity contribution in [2.24, 2.45) is 0 Å². The quantitative estimate of drug-likeness (QED) is 0.616. The molecule has 5 nitrogen and oxygen atoms in total. The van der Waals surface area contributed by atoms with E-state index in [4.69, 9.17) is 21.7 Å². The molecule has 0 spiro atoms. The molecule has 0 radical (unpaired) electrons. The number of carbonyl (C=O) groups excluding carboxylic acids is 1. The standard InChI is InChI=1S/C17H14N2O3S2/c1-21-12-6-7-13(14(10-12)22-2)19-16(20)15(24-17(19)23)9-11-5-3-4-8-18-11/h3-10H,1-2H3/b15-9-. The molecule has 2 aromatic rings. The Kier molecular flexibility index (Phi) is 4.82. The van der Waals surface area contributed by atoms with Gasteiger partial charge >= 0.3 is 0 Å². The van der Waals surface area contributed by atoms with E-state index in [1.54, 1.807) is 44.7 Å². The lowest BCUT2D eigenvalue weighted by Crippen LogP contribution is -2.27. The van der Waals surface area contributed by atoms with Crippen molar-refractivity contribution >= 4 is 46.0 Å². The van der Waals surface area contributed by atoms with Crippen molar-refractivity contribution in [3.8, 4) is 11.5 Å². The molecular weight excluding hydrogens is 344 g/mol. The zero-order chi connectivity index (χ0) is 17.1. The lowest BCUT2D eigenvalue weighted by molar-refractivity contribution is -0.113. The number of amides is 1. The Balaban J connectivity index is 1.97. The Labute approximate surface area is 149 Å². The minimum absolute atomic E-state index is 0.195. The Hall–Kier alpha value is -2.38. The number of hydrogen-bond acceptors (Lipinski definition) is 6. The Morgan fingerprint density at radius 3 is 2.71 bits per heavy atom. The van der Waals surface area contributed by atoms with Gasteiger partial charge in [-0.25, -0.2) is 0 Å². The molecule has 1 fully saturated rings. The lowest BCUT2D eigenvalue weighted by Gasteiger charge is -2.18. The highest BCUT2D eigenvalue weighted by atomic mass is 32.2. The van der Waals surface area contributed by atoms with Gasteiger partial charge in [0, 0.05) is 12.3 Å². The van der Waals surface area contributed by atoms with Crippen molar-refractivity contribution < 1.29 is 14.3 Å². The van der Waals surface area contributed by atoms with Crippen LogP contribution in [0.1, 0.15) is 5.69 Å². The average molecular weight is 358 g/mol. The molecule has 1 aromatic carbocycles. The molecule has 3 rings (SSSR count). The van der Waals surface area contributed by atoms with E-state index in [-0.39, 0.29) is 5.91 Å². The maximum Gasteiger partial charge on any atom is 0.270 e. The van der Waals surface area contributed by atoms with Crippen molar-refractivity contribution in [3.63, 3.8) is 0 Å². The molecule has 1 aliphatic heterocycles. The molecule has 0 saturated carbocycles. The van der Waals surface area contributed by atoms with E-state index in [1.807, 2.05) is 18.2 Å². The van der Waals surface area contributed by atoms with Crippen LogP contribution in [-0.4, -0.2) is 29.4 Å². The first-order valence-corrected chi connectivity index (χ1v) is 8.27. The summed E-state index contributed by atoms with van der Waals surface area (Å²) in [6, 6.07) is 10.8. The number of hydrogen-bond donors (Lipinski definition) is 0. The monoisotopic (exact) mass is 358 g/mol. The number of thiocarbonyl (C=S) groups is 1. The van der Waals surface area contributed by atoms with E-state index in [0.717, 1.165) is 0 Å². The number of pyridine rings is 1. The number of rotatable bonds is 4. The topological polar surface area (TPSA) is 51.7 Å². The van der Waals surface area contributed by atoms with Gasteiger partial charge in [-0.3, -0.25) is 14.7 Å². The van der Waals surface area contributed by atoms with E-state index >= 15 is 0 Å². The average Bonchev–Trinajstić information content (AvgIpc) is 2.89. The molecule has 0 bridgehead atoms. The van der Waals surface area contributed by atoms with Crippen molar-refractivity contribution in [3.05, 3.63) is 53.2 Å². The van der Waals surface area contributed by atoms with Gasteiger partial charge in [0.25, 0.3) is 5.91 Å². The highest BCUT2D eigenvalue weighted by Gasteiger charge is 2.35. The van der Waals surface area contributed by atoms with Crippen LogP contribution in [0.4, 0.5) is 5.69 Å². The number of anilines is 1. The predicted octanol–water partition coefficient (Wildman–Crippen LogP) is 3.50. The third-order valence-corrected chi connectivity index (χ3v) is 4.69. The molecule has 1 aliphatic rings. The van der Waals surface area contributed by atoms with E-state index in [2.05, 4.69) is 4.98 Å². The zero-order valence-electron chi connectivity index (χ0n) is 13.1. The summed E-state index contributed by atoms with van der Waals surface area (Å²) in [6.45, 7) is 0. The van der Waals surface area contributed by atoms with Crippen molar-refractivity contribution in [2.45, 2.75) is 0 Å². The second-order valence-electron chi connectivity index (χ2n) is 4.81. The minimum Gasteiger partial charge on any atom is -0.497 e. The summed E-state index contributed by atoms with van der Waals surface area (Å²) in [4.78, 5) is 19.0. The maximum atomic E-state index is 12.8. The normalized spacial score (nSPS) is 15.9. The number of thioether (sulfide) groups is 1. The van der Waals surface area contributed by atoms with Gasteiger partial charge < -0.3 is 9.47 Å². The van der Waals surface area contributed by atoms with Gasteiger partial charge in [-0.1, -0.05) is 30.0 Å². The van der Waals surface area contributed by atoms with Crippen LogP contribution < -0.4 is 14.4 Å². The Bertz CT molecular complexity index is 822. The van der Waals surface area contributed by atoms with Crippen molar-refractivity contribution in [2.75, 3.05) is 19.1 Å². The summed E-state index contributed by atoms with van der Waals surface area (Å²) in [5, 5.41) is 0. The first-order chi connectivity index (χ1) is 11.6. The van der Waals surface area contributed by atoms with Crippen LogP contribution in [0, 0.1) is 0 Å². The van der Waals surface area contributed by atoms with E-state index in [1.165, 1.54) is 16.7 Å². The molecule has 1 aromatic heterocycles. The van der Waals surface area contributed by atoms with Gasteiger partial charge in [-0.15, -0.1) is 0 Å². The van der Waals surface area contributed by atoms with Gasteiger partial charge in [0.15, 0.2) is 4.32 Å². The van der Waals surface area contributed by atoms with Crippen LogP contribution in [0.15, 0.2) is 47.5 Å². The second-order valence-corrected chi connectivity index (χ2v) is 6.49. The fourth-order valence-electron chi connectivity index (χ4n) is 2.24. The molecule has 24 heavy (non-hydrogen) atoms. The molecule has 1 saturated heterocycles. The number of benzene rings is 1. The maximum absolute atomic E-state index is 12.8. The smallest absolute Gasteiger partial charge is 0.270 e. The van der Waals surface area contributed by atoms with E-state index in [0.29, 0.717) is 32.1 Å². The van der Waals surface area contributed by atoms with Gasteiger partial charge in [0.1, 0.15) is 11.5 Å². The Morgan fingerprint density at radius 1 is 1.21 bits per heavy atom. The highest BCUT2D eigenvalue weighted by Crippen LogP contribution is 2.41. The van der Waals surface area contributed by atoms with Gasteiger partial charge in [0.05, 0.1) is 30.5 Å². The largest absolute Gasteiger partial charge is 0.497 e. The predicted molar refractivity (Wildman–Crippen MR) is 99.4 cm³/mol. The Morgan fingerprint density at radius 2 is 2.04 bits per heavy atom. The first-order valence-electron chi connectivity index (χ1n) is 7.05. The second kappa shape index (κ2) is 7.02. The molecule has 122 valence electrons. The minimum atomic E-state index is -0.195. The summed E-state index contributed by atoms with van der Waals surface area (Å²) in [7, 11) is 3.11. The van der Waals surface area contributed by atoms with Gasteiger partial charge in [-0.2, -0.15) is 0 Å². The third-order valence-electron chi connectivity index (χ3n) is 3.39. The summed E-state index contributed by atoms with van der Waals surface area (Å²) in [5.41, 5.74) is 1.30.